The average molecular weight is 344 g/mol. The van der Waals surface area contributed by atoms with Gasteiger partial charge < -0.3 is 9.47 Å². The van der Waals surface area contributed by atoms with Crippen LogP contribution in [0.25, 0.3) is 0 Å². The third-order valence-corrected chi connectivity index (χ3v) is 4.58. The molecule has 0 N–H and O–H groups in total. The van der Waals surface area contributed by atoms with Gasteiger partial charge in [0, 0.05) is 25.5 Å². The third-order valence-electron chi connectivity index (χ3n) is 4.58. The Morgan fingerprint density at radius 3 is 2.04 bits per heavy atom. The van der Waals surface area contributed by atoms with Crippen LogP contribution < -0.4 is 0 Å². The minimum Gasteiger partial charge on any atom is -0.353 e. The van der Waals surface area contributed by atoms with Gasteiger partial charge in [-0.15, -0.1) is 6.58 Å². The van der Waals surface area contributed by atoms with Gasteiger partial charge >= 0.3 is 0 Å². The molecule has 0 unspecified atom stereocenters. The summed E-state index contributed by atoms with van der Waals surface area (Å²) in [5.41, 5.74) is 3.11. The molecule has 0 radical (unpaired) electrons. The first-order valence-electron chi connectivity index (χ1n) is 8.80. The molecular weight excluding hydrogens is 320 g/mol. The Labute approximate surface area is 155 Å². The van der Waals surface area contributed by atoms with Gasteiger partial charge in [0.15, 0.2) is 0 Å². The van der Waals surface area contributed by atoms with Crippen LogP contribution in [0.15, 0.2) is 91.6 Å². The summed E-state index contributed by atoms with van der Waals surface area (Å²) < 4.78 is 2.05. The van der Waals surface area contributed by atoms with E-state index in [4.69, 9.17) is 0 Å². The molecule has 0 saturated carbocycles. The second-order valence-electron chi connectivity index (χ2n) is 6.37. The molecule has 0 aliphatic carbocycles. The molecule has 0 aliphatic heterocycles. The van der Waals surface area contributed by atoms with Crippen LogP contribution in [0.5, 0.6) is 0 Å². The number of nitrogens with zero attached hydrogens (tertiary/aromatic N) is 2. The molecule has 1 aromatic heterocycles. The molecule has 0 aliphatic rings. The molecule has 0 spiro atoms. The minimum absolute atomic E-state index is 0.0866. The van der Waals surface area contributed by atoms with E-state index in [0.29, 0.717) is 13.1 Å². The first kappa shape index (κ1) is 17.7. The third kappa shape index (κ3) is 3.94. The van der Waals surface area contributed by atoms with Gasteiger partial charge in [-0.1, -0.05) is 66.7 Å². The fourth-order valence-electron chi connectivity index (χ4n) is 3.20. The number of hydrogen-bond donors (Lipinski definition) is 0. The maximum absolute atomic E-state index is 13.5. The van der Waals surface area contributed by atoms with Crippen molar-refractivity contribution in [3.8, 4) is 0 Å². The number of rotatable bonds is 7. The normalized spacial score (nSPS) is 10.7. The van der Waals surface area contributed by atoms with E-state index in [9.17, 15) is 4.79 Å². The van der Waals surface area contributed by atoms with Crippen LogP contribution in [0.3, 0.4) is 0 Å². The van der Waals surface area contributed by atoms with Crippen molar-refractivity contribution in [3.05, 3.63) is 108 Å². The molecule has 1 amide bonds. The molecule has 1 heterocycles. The zero-order chi connectivity index (χ0) is 18.4. The molecule has 0 saturated heterocycles. The van der Waals surface area contributed by atoms with E-state index in [1.165, 1.54) is 0 Å². The quantitative estimate of drug-likeness (QED) is 0.584. The van der Waals surface area contributed by atoms with Crippen LogP contribution in [-0.2, 0) is 18.4 Å². The molecule has 26 heavy (non-hydrogen) atoms. The smallest absolute Gasteiger partial charge is 0.235 e. The summed E-state index contributed by atoms with van der Waals surface area (Å²) in [5.74, 6) is -0.235. The van der Waals surface area contributed by atoms with Gasteiger partial charge in [-0.2, -0.15) is 0 Å². The van der Waals surface area contributed by atoms with Crippen molar-refractivity contribution in [2.45, 2.75) is 12.5 Å². The van der Waals surface area contributed by atoms with Crippen LogP contribution in [-0.4, -0.2) is 21.9 Å². The zero-order valence-electron chi connectivity index (χ0n) is 15.1. The highest BCUT2D eigenvalue weighted by molar-refractivity contribution is 5.87. The van der Waals surface area contributed by atoms with E-state index in [1.54, 1.807) is 6.08 Å². The maximum atomic E-state index is 13.5. The molecule has 132 valence electrons. The van der Waals surface area contributed by atoms with E-state index in [1.807, 2.05) is 95.5 Å². The van der Waals surface area contributed by atoms with Crippen LogP contribution in [0.4, 0.5) is 0 Å². The van der Waals surface area contributed by atoms with E-state index >= 15 is 0 Å². The van der Waals surface area contributed by atoms with Gasteiger partial charge in [0.25, 0.3) is 0 Å². The van der Waals surface area contributed by atoms with Crippen molar-refractivity contribution in [1.29, 1.82) is 0 Å². The molecular formula is C23H24N2O. The zero-order valence-corrected chi connectivity index (χ0v) is 15.1. The van der Waals surface area contributed by atoms with Gasteiger partial charge in [0.2, 0.25) is 5.91 Å². The van der Waals surface area contributed by atoms with E-state index in [0.717, 1.165) is 16.8 Å². The number of aromatic nitrogens is 1. The molecule has 0 bridgehead atoms. The number of carbonyl (C=O) groups excluding carboxylic acids is 1. The number of amides is 1. The molecule has 0 fully saturated rings. The average Bonchev–Trinajstić information content (AvgIpc) is 3.08. The Morgan fingerprint density at radius 2 is 1.58 bits per heavy atom. The lowest BCUT2D eigenvalue weighted by Crippen LogP contribution is -2.35. The van der Waals surface area contributed by atoms with Crippen molar-refractivity contribution >= 4 is 5.91 Å². The fraction of sp³-hybridized carbons (Fsp3) is 0.174. The van der Waals surface area contributed by atoms with Crippen LogP contribution in [0, 0.1) is 0 Å². The summed E-state index contributed by atoms with van der Waals surface area (Å²) in [5, 5.41) is 0. The predicted octanol–water partition coefficient (Wildman–Crippen LogP) is 4.37. The van der Waals surface area contributed by atoms with Crippen LogP contribution in [0.1, 0.15) is 22.7 Å². The molecule has 0 atom stereocenters. The lowest BCUT2D eigenvalue weighted by Gasteiger charge is -2.27. The maximum Gasteiger partial charge on any atom is 0.235 e. The number of carbonyl (C=O) groups is 1. The Hall–Kier alpha value is -3.07. The van der Waals surface area contributed by atoms with E-state index in [2.05, 4.69) is 6.58 Å². The monoisotopic (exact) mass is 344 g/mol. The predicted molar refractivity (Wildman–Crippen MR) is 106 cm³/mol. The topological polar surface area (TPSA) is 25.2 Å². The summed E-state index contributed by atoms with van der Waals surface area (Å²) >= 11 is 0. The Morgan fingerprint density at radius 1 is 1.00 bits per heavy atom. The molecule has 3 rings (SSSR count). The second kappa shape index (κ2) is 8.34. The van der Waals surface area contributed by atoms with Crippen LogP contribution in [0.2, 0.25) is 0 Å². The van der Waals surface area contributed by atoms with E-state index < -0.39 is 0 Å². The fourth-order valence-corrected chi connectivity index (χ4v) is 3.20. The number of hydrogen-bond acceptors (Lipinski definition) is 1. The van der Waals surface area contributed by atoms with Crippen molar-refractivity contribution in [1.82, 2.24) is 9.47 Å². The summed E-state index contributed by atoms with van der Waals surface area (Å²) in [7, 11) is 2.00. The van der Waals surface area contributed by atoms with Gasteiger partial charge in [0.05, 0.1) is 12.5 Å². The highest BCUT2D eigenvalue weighted by Gasteiger charge is 2.27. The Bertz CT molecular complexity index is 813. The number of aryl methyl sites for hydroxylation is 1. The van der Waals surface area contributed by atoms with Crippen molar-refractivity contribution in [2.24, 2.45) is 7.05 Å². The Kier molecular flexibility index (Phi) is 5.69. The Balaban J connectivity index is 1.97. The van der Waals surface area contributed by atoms with Crippen LogP contribution >= 0.6 is 0 Å². The first-order valence-corrected chi connectivity index (χ1v) is 8.80. The second-order valence-corrected chi connectivity index (χ2v) is 6.37. The van der Waals surface area contributed by atoms with Gasteiger partial charge in [-0.3, -0.25) is 4.79 Å². The molecule has 3 nitrogen and oxygen atoms in total. The lowest BCUT2D eigenvalue weighted by molar-refractivity contribution is -0.132. The van der Waals surface area contributed by atoms with Crippen molar-refractivity contribution in [2.75, 3.05) is 6.54 Å². The summed E-state index contributed by atoms with van der Waals surface area (Å²) in [4.78, 5) is 15.4. The summed E-state index contributed by atoms with van der Waals surface area (Å²) in [6, 6.07) is 24.0. The largest absolute Gasteiger partial charge is 0.353 e. The molecule has 3 aromatic rings. The number of benzene rings is 2. The van der Waals surface area contributed by atoms with Crippen molar-refractivity contribution in [3.63, 3.8) is 0 Å². The highest BCUT2D eigenvalue weighted by Crippen LogP contribution is 2.27. The van der Waals surface area contributed by atoms with Gasteiger partial charge in [-0.05, 0) is 23.3 Å². The minimum atomic E-state index is -0.322. The summed E-state index contributed by atoms with van der Waals surface area (Å²) in [6.07, 6.45) is 3.78. The first-order chi connectivity index (χ1) is 12.7. The SMILES string of the molecule is C=CCN(Cc1cccn1C)C(=O)C(c1ccccc1)c1ccccc1. The van der Waals surface area contributed by atoms with Gasteiger partial charge in [0.1, 0.15) is 0 Å². The summed E-state index contributed by atoms with van der Waals surface area (Å²) in [6.45, 7) is 4.91. The van der Waals surface area contributed by atoms with Crippen molar-refractivity contribution < 1.29 is 4.79 Å². The lowest BCUT2D eigenvalue weighted by atomic mass is 9.90. The van der Waals surface area contributed by atoms with E-state index in [-0.39, 0.29) is 11.8 Å². The standard InChI is InChI=1S/C23H24N2O/c1-3-16-25(18-21-15-10-17-24(21)2)23(26)22(19-11-6-4-7-12-19)20-13-8-5-9-14-20/h3-15,17,22H,1,16,18H2,2H3. The van der Waals surface area contributed by atoms with Gasteiger partial charge in [-0.25, -0.2) is 0 Å². The molecule has 2 aromatic carbocycles. The molecule has 3 heteroatoms. The highest BCUT2D eigenvalue weighted by atomic mass is 16.2.